The van der Waals surface area contributed by atoms with Gasteiger partial charge in [-0.3, -0.25) is 9.59 Å². The monoisotopic (exact) mass is 419 g/mol. The Morgan fingerprint density at radius 3 is 2.86 bits per heavy atom. The predicted molar refractivity (Wildman–Crippen MR) is 110 cm³/mol. The fourth-order valence-corrected chi connectivity index (χ4v) is 5.82. The zero-order valence-electron chi connectivity index (χ0n) is 15.9. The number of carbonyl (C=O) groups excluding carboxylic acids is 2. The highest BCUT2D eigenvalue weighted by molar-refractivity contribution is 8.01. The van der Waals surface area contributed by atoms with Crippen LogP contribution in [0.25, 0.3) is 11.3 Å². The highest BCUT2D eigenvalue weighted by Gasteiger charge is 2.52. The van der Waals surface area contributed by atoms with Crippen LogP contribution in [0.2, 0.25) is 0 Å². The zero-order valence-corrected chi connectivity index (χ0v) is 17.5. The van der Waals surface area contributed by atoms with Crippen LogP contribution in [0.4, 0.5) is 5.13 Å². The summed E-state index contributed by atoms with van der Waals surface area (Å²) < 4.78 is 10.6. The van der Waals surface area contributed by atoms with E-state index in [0.717, 1.165) is 17.7 Å². The smallest absolute Gasteiger partial charge is 0.249 e. The molecule has 3 heterocycles. The van der Waals surface area contributed by atoms with Gasteiger partial charge in [-0.25, -0.2) is 4.98 Å². The molecule has 1 aromatic carbocycles. The van der Waals surface area contributed by atoms with E-state index < -0.39 is 6.04 Å². The Morgan fingerprint density at radius 2 is 2.11 bits per heavy atom. The van der Waals surface area contributed by atoms with Crippen molar-refractivity contribution in [3.05, 3.63) is 23.6 Å². The summed E-state index contributed by atoms with van der Waals surface area (Å²) in [6.07, 6.45) is 1.30. The van der Waals surface area contributed by atoms with Crippen molar-refractivity contribution in [3.63, 3.8) is 0 Å². The number of nitrogens with zero attached hydrogens (tertiary/aromatic N) is 2. The second-order valence-corrected chi connectivity index (χ2v) is 9.22. The van der Waals surface area contributed by atoms with E-state index in [-0.39, 0.29) is 16.7 Å². The molecule has 2 saturated heterocycles. The maximum Gasteiger partial charge on any atom is 0.249 e. The zero-order chi connectivity index (χ0) is 19.9. The van der Waals surface area contributed by atoms with Crippen LogP contribution in [0.3, 0.4) is 0 Å². The van der Waals surface area contributed by atoms with E-state index in [4.69, 9.17) is 9.47 Å². The minimum Gasteiger partial charge on any atom is -0.493 e. The lowest BCUT2D eigenvalue weighted by Crippen LogP contribution is -2.48. The van der Waals surface area contributed by atoms with Gasteiger partial charge in [0.05, 0.1) is 24.8 Å². The lowest BCUT2D eigenvalue weighted by Gasteiger charge is -2.29. The first-order valence-electron chi connectivity index (χ1n) is 8.90. The van der Waals surface area contributed by atoms with Crippen LogP contribution in [0.5, 0.6) is 11.5 Å². The molecule has 0 spiro atoms. The molecule has 28 heavy (non-hydrogen) atoms. The van der Waals surface area contributed by atoms with Gasteiger partial charge in [0.25, 0.3) is 0 Å². The average Bonchev–Trinajstić information content (AvgIpc) is 3.37. The van der Waals surface area contributed by atoms with E-state index in [1.807, 2.05) is 30.5 Å². The molecule has 2 fully saturated rings. The molecular formula is C19H21N3O4S2. The van der Waals surface area contributed by atoms with Crippen molar-refractivity contribution in [2.45, 2.75) is 30.7 Å². The molecule has 2 amide bonds. The molecule has 2 atom stereocenters. The third-order valence-electron chi connectivity index (χ3n) is 5.16. The van der Waals surface area contributed by atoms with Gasteiger partial charge in [0.2, 0.25) is 11.8 Å². The Kier molecular flexibility index (Phi) is 4.96. The lowest BCUT2D eigenvalue weighted by molar-refractivity contribution is -0.135. The second kappa shape index (κ2) is 7.29. The number of methoxy groups -OCH3 is 2. The summed E-state index contributed by atoms with van der Waals surface area (Å²) in [5, 5.41) is 5.28. The number of carbonyl (C=O) groups is 2. The van der Waals surface area contributed by atoms with Crippen LogP contribution in [0, 0.1) is 0 Å². The van der Waals surface area contributed by atoms with E-state index in [1.165, 1.54) is 11.3 Å². The Morgan fingerprint density at radius 1 is 1.32 bits per heavy atom. The molecule has 4 rings (SSSR count). The van der Waals surface area contributed by atoms with Crippen molar-refractivity contribution >= 4 is 40.0 Å². The maximum absolute atomic E-state index is 12.8. The second-order valence-electron chi connectivity index (χ2n) is 6.86. The molecule has 0 unspecified atom stereocenters. The molecule has 1 N–H and O–H groups in total. The molecule has 7 nitrogen and oxygen atoms in total. The lowest BCUT2D eigenvalue weighted by atomic mass is 10.1. The first kappa shape index (κ1) is 19.1. The summed E-state index contributed by atoms with van der Waals surface area (Å²) in [6, 6.07) is 5.12. The first-order valence-corrected chi connectivity index (χ1v) is 10.8. The highest BCUT2D eigenvalue weighted by atomic mass is 32.2. The molecule has 0 radical (unpaired) electrons. The molecule has 148 valence electrons. The summed E-state index contributed by atoms with van der Waals surface area (Å²) in [4.78, 5) is 31.0. The van der Waals surface area contributed by atoms with Gasteiger partial charge >= 0.3 is 0 Å². The fraction of sp³-hybridized carbons (Fsp3) is 0.421. The highest BCUT2D eigenvalue weighted by Crippen LogP contribution is 2.47. The number of thiazole rings is 1. The summed E-state index contributed by atoms with van der Waals surface area (Å²) in [5.74, 6) is 1.75. The number of ether oxygens (including phenoxy) is 2. The van der Waals surface area contributed by atoms with E-state index in [9.17, 15) is 9.59 Å². The number of hydrogen-bond acceptors (Lipinski definition) is 7. The average molecular weight is 420 g/mol. The molecule has 0 bridgehead atoms. The summed E-state index contributed by atoms with van der Waals surface area (Å²) in [6.45, 7) is 2.04. The van der Waals surface area contributed by atoms with Crippen molar-refractivity contribution in [3.8, 4) is 22.8 Å². The number of benzene rings is 1. The molecule has 1 aromatic heterocycles. The Balaban J connectivity index is 1.50. The Bertz CT molecular complexity index is 932. The van der Waals surface area contributed by atoms with Crippen LogP contribution < -0.4 is 14.8 Å². The molecule has 2 aliphatic rings. The quantitative estimate of drug-likeness (QED) is 0.802. The number of thioether (sulfide) groups is 1. The minimum atomic E-state index is -0.446. The van der Waals surface area contributed by atoms with E-state index in [0.29, 0.717) is 28.8 Å². The number of nitrogens with one attached hydrogen (secondary N) is 1. The normalized spacial score (nSPS) is 23.6. The number of fused-ring (bicyclic) bond motifs is 1. The third-order valence-corrected chi connectivity index (χ3v) is 7.42. The SMILES string of the molecule is COc1ccc(-c2csc(NC(=O)[C@@H]3CS[C@]4(C)CCC(=O)N34)n2)cc1OC. The van der Waals surface area contributed by atoms with Crippen molar-refractivity contribution < 1.29 is 19.1 Å². The van der Waals surface area contributed by atoms with Crippen LogP contribution in [0.15, 0.2) is 23.6 Å². The maximum atomic E-state index is 12.8. The molecule has 2 aromatic rings. The van der Waals surface area contributed by atoms with E-state index >= 15 is 0 Å². The van der Waals surface area contributed by atoms with Gasteiger partial charge in [-0.05, 0) is 31.5 Å². The first-order chi connectivity index (χ1) is 13.4. The van der Waals surface area contributed by atoms with Crippen LogP contribution >= 0.6 is 23.1 Å². The number of amides is 2. The van der Waals surface area contributed by atoms with Gasteiger partial charge in [0.1, 0.15) is 6.04 Å². The van der Waals surface area contributed by atoms with Gasteiger partial charge in [0.15, 0.2) is 16.6 Å². The predicted octanol–water partition coefficient (Wildman–Crippen LogP) is 3.22. The standard InChI is InChI=1S/C19H21N3O4S2/c1-19-7-6-16(23)22(19)13(10-28-19)17(24)21-18-20-12(9-27-18)11-4-5-14(25-2)15(8-11)26-3/h4-5,8-9,13H,6-7,10H2,1-3H3,(H,20,21,24)/t13-,19+/m0/s1. The summed E-state index contributed by atoms with van der Waals surface area (Å²) in [7, 11) is 3.17. The summed E-state index contributed by atoms with van der Waals surface area (Å²) in [5.41, 5.74) is 1.61. The van der Waals surface area contributed by atoms with Crippen LogP contribution in [-0.4, -0.2) is 52.6 Å². The minimum absolute atomic E-state index is 0.0535. The van der Waals surface area contributed by atoms with Crippen molar-refractivity contribution in [2.24, 2.45) is 0 Å². The molecular weight excluding hydrogens is 398 g/mol. The van der Waals surface area contributed by atoms with Crippen molar-refractivity contribution in [1.82, 2.24) is 9.88 Å². The molecule has 0 saturated carbocycles. The number of hydrogen-bond donors (Lipinski definition) is 1. The van der Waals surface area contributed by atoms with E-state index in [2.05, 4.69) is 10.3 Å². The van der Waals surface area contributed by atoms with Gasteiger partial charge < -0.3 is 19.7 Å². The molecule has 9 heteroatoms. The summed E-state index contributed by atoms with van der Waals surface area (Å²) >= 11 is 3.03. The largest absolute Gasteiger partial charge is 0.493 e. The number of rotatable bonds is 5. The Labute approximate surface area is 171 Å². The van der Waals surface area contributed by atoms with Crippen LogP contribution in [0.1, 0.15) is 19.8 Å². The van der Waals surface area contributed by atoms with Gasteiger partial charge in [-0.2, -0.15) is 0 Å². The van der Waals surface area contributed by atoms with Gasteiger partial charge in [-0.1, -0.05) is 0 Å². The topological polar surface area (TPSA) is 80.8 Å². The molecule has 0 aliphatic carbocycles. The molecule has 2 aliphatic heterocycles. The number of aromatic nitrogens is 1. The number of anilines is 1. The fourth-order valence-electron chi connectivity index (χ4n) is 3.66. The van der Waals surface area contributed by atoms with Crippen LogP contribution in [-0.2, 0) is 9.59 Å². The third kappa shape index (κ3) is 3.22. The van der Waals surface area contributed by atoms with Crippen molar-refractivity contribution in [2.75, 3.05) is 25.3 Å². The van der Waals surface area contributed by atoms with Crippen molar-refractivity contribution in [1.29, 1.82) is 0 Å². The van der Waals surface area contributed by atoms with Gasteiger partial charge in [0, 0.05) is 23.1 Å². The van der Waals surface area contributed by atoms with E-state index in [1.54, 1.807) is 30.9 Å². The Hall–Kier alpha value is -2.26. The van der Waals surface area contributed by atoms with Gasteiger partial charge in [-0.15, -0.1) is 23.1 Å².